The standard InChI is InChI=1S/C17H21N3O2/c1-12-6-4-5-7-14(12)17(21)20-8-9-22-15(11-20)16-18-13(2)10-19(16)3/h4-7,10,15H,8-9,11H2,1-3H3/t15-/m0/s1. The van der Waals surface area contributed by atoms with Gasteiger partial charge < -0.3 is 14.2 Å². The number of imidazole rings is 1. The molecule has 5 nitrogen and oxygen atoms in total. The van der Waals surface area contributed by atoms with Crippen LogP contribution in [0.4, 0.5) is 0 Å². The molecule has 0 saturated carbocycles. The van der Waals surface area contributed by atoms with E-state index in [2.05, 4.69) is 4.98 Å². The van der Waals surface area contributed by atoms with E-state index in [1.54, 1.807) is 0 Å². The molecular weight excluding hydrogens is 278 g/mol. The van der Waals surface area contributed by atoms with Crippen LogP contribution in [0.1, 0.15) is 33.5 Å². The summed E-state index contributed by atoms with van der Waals surface area (Å²) >= 11 is 0. The molecule has 0 unspecified atom stereocenters. The Labute approximate surface area is 130 Å². The van der Waals surface area contributed by atoms with E-state index in [0.29, 0.717) is 19.7 Å². The van der Waals surface area contributed by atoms with Gasteiger partial charge in [-0.15, -0.1) is 0 Å². The first kappa shape index (κ1) is 14.8. The Morgan fingerprint density at radius 1 is 1.32 bits per heavy atom. The largest absolute Gasteiger partial charge is 0.367 e. The van der Waals surface area contributed by atoms with Gasteiger partial charge in [0.05, 0.1) is 18.8 Å². The molecule has 1 atom stereocenters. The molecule has 1 amide bonds. The summed E-state index contributed by atoms with van der Waals surface area (Å²) in [6, 6.07) is 7.70. The summed E-state index contributed by atoms with van der Waals surface area (Å²) in [4.78, 5) is 19.1. The summed E-state index contributed by atoms with van der Waals surface area (Å²) < 4.78 is 7.80. The van der Waals surface area contributed by atoms with Crippen LogP contribution < -0.4 is 0 Å². The van der Waals surface area contributed by atoms with Crippen molar-refractivity contribution in [2.75, 3.05) is 19.7 Å². The first-order chi connectivity index (χ1) is 10.6. The highest BCUT2D eigenvalue weighted by Gasteiger charge is 2.29. The van der Waals surface area contributed by atoms with Crippen molar-refractivity contribution >= 4 is 5.91 Å². The van der Waals surface area contributed by atoms with Crippen molar-refractivity contribution in [2.45, 2.75) is 20.0 Å². The third-order valence-corrected chi connectivity index (χ3v) is 4.05. The molecule has 0 radical (unpaired) electrons. The summed E-state index contributed by atoms with van der Waals surface area (Å²) in [6.45, 7) is 5.62. The zero-order valence-electron chi connectivity index (χ0n) is 13.2. The number of carbonyl (C=O) groups excluding carboxylic acids is 1. The van der Waals surface area contributed by atoms with Crippen LogP contribution in [0.3, 0.4) is 0 Å². The number of hydrogen-bond donors (Lipinski definition) is 0. The Morgan fingerprint density at radius 3 is 2.77 bits per heavy atom. The van der Waals surface area contributed by atoms with Gasteiger partial charge in [0, 0.05) is 25.4 Å². The normalized spacial score (nSPS) is 18.5. The van der Waals surface area contributed by atoms with Crippen LogP contribution in [0, 0.1) is 13.8 Å². The molecule has 116 valence electrons. The number of benzene rings is 1. The molecule has 1 aliphatic rings. The second-order valence-corrected chi connectivity index (χ2v) is 5.78. The lowest BCUT2D eigenvalue weighted by Crippen LogP contribution is -2.43. The van der Waals surface area contributed by atoms with Crippen molar-refractivity contribution in [2.24, 2.45) is 7.05 Å². The minimum absolute atomic E-state index is 0.0670. The number of morpholine rings is 1. The number of aryl methyl sites for hydroxylation is 3. The highest BCUT2D eigenvalue weighted by Crippen LogP contribution is 2.23. The number of nitrogens with zero attached hydrogens (tertiary/aromatic N) is 3. The topological polar surface area (TPSA) is 47.4 Å². The molecule has 5 heteroatoms. The smallest absolute Gasteiger partial charge is 0.254 e. The first-order valence-corrected chi connectivity index (χ1v) is 7.52. The number of rotatable bonds is 2. The fraction of sp³-hybridized carbons (Fsp3) is 0.412. The maximum atomic E-state index is 12.7. The fourth-order valence-corrected chi connectivity index (χ4v) is 2.91. The molecule has 0 N–H and O–H groups in total. The van der Waals surface area contributed by atoms with Crippen molar-refractivity contribution in [1.82, 2.24) is 14.5 Å². The second kappa shape index (κ2) is 5.93. The molecule has 0 aliphatic carbocycles. The van der Waals surface area contributed by atoms with Gasteiger partial charge in [0.2, 0.25) is 0 Å². The molecule has 0 bridgehead atoms. The molecular formula is C17H21N3O2. The van der Waals surface area contributed by atoms with E-state index < -0.39 is 0 Å². The predicted octanol–water partition coefficient (Wildman–Crippen LogP) is 2.25. The van der Waals surface area contributed by atoms with Crippen molar-refractivity contribution in [3.05, 3.63) is 53.1 Å². The van der Waals surface area contributed by atoms with E-state index >= 15 is 0 Å². The summed E-state index contributed by atoms with van der Waals surface area (Å²) in [5, 5.41) is 0. The van der Waals surface area contributed by atoms with E-state index in [1.165, 1.54) is 0 Å². The van der Waals surface area contributed by atoms with Crippen molar-refractivity contribution in [3.63, 3.8) is 0 Å². The van der Waals surface area contributed by atoms with Gasteiger partial charge in [-0.2, -0.15) is 0 Å². The Morgan fingerprint density at radius 2 is 2.09 bits per heavy atom. The molecule has 1 aromatic heterocycles. The summed E-state index contributed by atoms with van der Waals surface area (Å²) in [6.07, 6.45) is 1.81. The Kier molecular flexibility index (Phi) is 3.98. The van der Waals surface area contributed by atoms with Gasteiger partial charge >= 0.3 is 0 Å². The van der Waals surface area contributed by atoms with E-state index in [-0.39, 0.29) is 12.0 Å². The molecule has 1 fully saturated rings. The zero-order chi connectivity index (χ0) is 15.7. The van der Waals surface area contributed by atoms with Crippen LogP contribution in [0.15, 0.2) is 30.5 Å². The highest BCUT2D eigenvalue weighted by atomic mass is 16.5. The average molecular weight is 299 g/mol. The van der Waals surface area contributed by atoms with Crippen molar-refractivity contribution < 1.29 is 9.53 Å². The van der Waals surface area contributed by atoms with Gasteiger partial charge in [0.1, 0.15) is 11.9 Å². The van der Waals surface area contributed by atoms with Crippen molar-refractivity contribution in [3.8, 4) is 0 Å². The third kappa shape index (κ3) is 2.76. The van der Waals surface area contributed by atoms with E-state index in [1.807, 2.05) is 60.8 Å². The van der Waals surface area contributed by atoms with E-state index in [9.17, 15) is 4.79 Å². The Bertz CT molecular complexity index is 693. The lowest BCUT2D eigenvalue weighted by Gasteiger charge is -2.33. The first-order valence-electron chi connectivity index (χ1n) is 7.52. The molecule has 1 aliphatic heterocycles. The summed E-state index contributed by atoms with van der Waals surface area (Å²) in [5.74, 6) is 0.942. The maximum absolute atomic E-state index is 12.7. The third-order valence-electron chi connectivity index (χ3n) is 4.05. The fourth-order valence-electron chi connectivity index (χ4n) is 2.91. The number of amides is 1. The summed E-state index contributed by atoms with van der Waals surface area (Å²) in [7, 11) is 1.96. The van der Waals surface area contributed by atoms with Gasteiger partial charge in [-0.25, -0.2) is 4.98 Å². The molecule has 2 aromatic rings. The van der Waals surface area contributed by atoms with E-state index in [0.717, 1.165) is 22.6 Å². The van der Waals surface area contributed by atoms with Crippen LogP contribution in [0.25, 0.3) is 0 Å². The minimum Gasteiger partial charge on any atom is -0.367 e. The van der Waals surface area contributed by atoms with Gasteiger partial charge in [-0.3, -0.25) is 4.79 Å². The number of carbonyl (C=O) groups is 1. The SMILES string of the molecule is Cc1cn(C)c([C@@H]2CN(C(=O)c3ccccc3C)CCO2)n1. The van der Waals surface area contributed by atoms with Crippen LogP contribution in [-0.2, 0) is 11.8 Å². The average Bonchev–Trinajstić information content (AvgIpc) is 2.86. The lowest BCUT2D eigenvalue weighted by molar-refractivity contribution is -0.0279. The zero-order valence-corrected chi connectivity index (χ0v) is 13.2. The highest BCUT2D eigenvalue weighted by molar-refractivity contribution is 5.95. The lowest BCUT2D eigenvalue weighted by atomic mass is 10.1. The molecule has 2 heterocycles. The van der Waals surface area contributed by atoms with Crippen LogP contribution in [0.5, 0.6) is 0 Å². The summed E-state index contributed by atoms with van der Waals surface area (Å²) in [5.41, 5.74) is 2.73. The molecule has 22 heavy (non-hydrogen) atoms. The monoisotopic (exact) mass is 299 g/mol. The van der Waals surface area contributed by atoms with Gasteiger partial charge in [-0.1, -0.05) is 18.2 Å². The van der Waals surface area contributed by atoms with Gasteiger partial charge in [0.15, 0.2) is 0 Å². The molecule has 3 rings (SSSR count). The maximum Gasteiger partial charge on any atom is 0.254 e. The van der Waals surface area contributed by atoms with Crippen LogP contribution in [-0.4, -0.2) is 40.1 Å². The van der Waals surface area contributed by atoms with Gasteiger partial charge in [-0.05, 0) is 25.5 Å². The van der Waals surface area contributed by atoms with Crippen LogP contribution >= 0.6 is 0 Å². The molecule has 0 spiro atoms. The number of ether oxygens (including phenoxy) is 1. The Balaban J connectivity index is 1.80. The number of hydrogen-bond acceptors (Lipinski definition) is 3. The quantitative estimate of drug-likeness (QED) is 0.854. The minimum atomic E-state index is -0.166. The van der Waals surface area contributed by atoms with E-state index in [4.69, 9.17) is 4.74 Å². The second-order valence-electron chi connectivity index (χ2n) is 5.78. The Hall–Kier alpha value is -2.14. The van der Waals surface area contributed by atoms with Crippen molar-refractivity contribution in [1.29, 1.82) is 0 Å². The predicted molar refractivity (Wildman–Crippen MR) is 83.7 cm³/mol. The van der Waals surface area contributed by atoms with Gasteiger partial charge in [0.25, 0.3) is 5.91 Å². The molecule has 1 saturated heterocycles. The molecule has 1 aromatic carbocycles. The number of aromatic nitrogens is 2. The van der Waals surface area contributed by atoms with Crippen LogP contribution in [0.2, 0.25) is 0 Å².